The Kier molecular flexibility index (Phi) is 13.3. The number of ether oxygens (including phenoxy) is 1. The third-order valence-corrected chi connectivity index (χ3v) is 23.6. The van der Waals surface area contributed by atoms with Crippen LogP contribution in [0.25, 0.3) is 0 Å². The Hall–Kier alpha value is 0.540. The van der Waals surface area contributed by atoms with Crippen LogP contribution in [-0.4, -0.2) is 22.5 Å². The Balaban J connectivity index is 0.000000113. The second-order valence-corrected chi connectivity index (χ2v) is 30.3. The fourth-order valence-electron chi connectivity index (χ4n) is 20.3. The number of fused-ring (bicyclic) bond motifs is 3. The Labute approximate surface area is 389 Å². The van der Waals surface area contributed by atoms with Gasteiger partial charge in [0.05, 0.1) is 5.60 Å². The third-order valence-electron chi connectivity index (χ3n) is 22.6. The molecule has 15 rings (SSSR count). The van der Waals surface area contributed by atoms with E-state index in [-0.39, 0.29) is 15.3 Å². The van der Waals surface area contributed by atoms with Crippen LogP contribution in [0, 0.1) is 91.7 Å². The molecule has 9 unspecified atom stereocenters. The summed E-state index contributed by atoms with van der Waals surface area (Å²) in [5, 5.41) is 0. The second-order valence-electron chi connectivity index (χ2n) is 28.8. The Morgan fingerprint density at radius 3 is 1.61 bits per heavy atom. The van der Waals surface area contributed by atoms with Gasteiger partial charge in [-0.2, -0.15) is 0 Å². The van der Waals surface area contributed by atoms with Crippen LogP contribution in [-0.2, 0) is 4.74 Å². The van der Waals surface area contributed by atoms with E-state index in [0.717, 1.165) is 64.6 Å². The van der Waals surface area contributed by atoms with Crippen LogP contribution < -0.4 is 0 Å². The summed E-state index contributed by atoms with van der Waals surface area (Å²) < 4.78 is 5.99. The summed E-state index contributed by atoms with van der Waals surface area (Å²) in [6.07, 6.45) is 38.9. The van der Waals surface area contributed by atoms with E-state index in [9.17, 15) is 0 Å². The lowest BCUT2D eigenvalue weighted by Crippen LogP contribution is -2.61. The molecule has 14 bridgehead atoms. The molecule has 15 fully saturated rings. The van der Waals surface area contributed by atoms with Crippen molar-refractivity contribution in [2.24, 2.45) is 91.7 Å². The first-order valence-corrected chi connectivity index (χ1v) is 28.1. The zero-order chi connectivity index (χ0) is 44.1. The Morgan fingerprint density at radius 1 is 0.590 bits per heavy atom. The summed E-state index contributed by atoms with van der Waals surface area (Å²) in [4.78, 5) is 0.428. The van der Waals surface area contributed by atoms with E-state index in [1.54, 1.807) is 0 Å². The molecule has 15 aliphatic carbocycles. The van der Waals surface area contributed by atoms with Crippen molar-refractivity contribution in [1.82, 2.24) is 0 Å². The summed E-state index contributed by atoms with van der Waals surface area (Å²) in [5.41, 5.74) is 4.07. The van der Waals surface area contributed by atoms with Crippen molar-refractivity contribution in [3.8, 4) is 0 Å². The zero-order valence-electron chi connectivity index (χ0n) is 42.5. The molecule has 0 N–H and O–H groups in total. The maximum Gasteiger partial charge on any atom is 0.0692 e. The van der Waals surface area contributed by atoms with Crippen LogP contribution in [0.1, 0.15) is 250 Å². The molecule has 15 aliphatic rings. The molecular formula is C58H100Cl2O. The predicted octanol–water partition coefficient (Wildman–Crippen LogP) is 18.3. The maximum absolute atomic E-state index is 6.89. The van der Waals surface area contributed by atoms with E-state index in [2.05, 4.69) is 76.2 Å². The Bertz CT molecular complexity index is 1470. The van der Waals surface area contributed by atoms with Crippen LogP contribution in [0.2, 0.25) is 0 Å². The first-order chi connectivity index (χ1) is 28.4. The molecule has 0 aromatic carbocycles. The standard InChI is InChI=1S/C17H32.C15H26O.2C13H21Cl/c1-5-6-7-8-16-9-12-17(13-10-16,14-11-16)15(2,3)4;1-11(2)14-6-12-5-13(3,8-14)9-15(7-12,10-14)16-4;1-9(2)12-4-10-3-11(5-12)7-13(14,6-10)8-12;1-8(2)12-11-4-9-3-10(5-11)7-13(12,14)6-9/h5-14H2,1-4H3;11-12H,5-10H2,1-4H3;9-11H,3-8H2,1-2H3;8-12H,3-7H2,1-2H3. The van der Waals surface area contributed by atoms with Crippen molar-refractivity contribution in [1.29, 1.82) is 0 Å². The number of hydrogen-bond donors (Lipinski definition) is 0. The third kappa shape index (κ3) is 9.15. The normalized spacial score (nSPS) is 50.4. The van der Waals surface area contributed by atoms with Gasteiger partial charge >= 0.3 is 0 Å². The quantitative estimate of drug-likeness (QED) is 0.174. The van der Waals surface area contributed by atoms with Gasteiger partial charge in [0, 0.05) is 16.9 Å². The molecule has 0 saturated heterocycles. The Morgan fingerprint density at radius 2 is 1.15 bits per heavy atom. The first kappa shape index (κ1) is 48.0. The molecule has 15 saturated carbocycles. The number of alkyl halides is 2. The van der Waals surface area contributed by atoms with E-state index >= 15 is 0 Å². The minimum atomic E-state index is 0.211. The van der Waals surface area contributed by atoms with Crippen molar-refractivity contribution in [2.45, 2.75) is 265 Å². The van der Waals surface area contributed by atoms with Crippen molar-refractivity contribution in [3.05, 3.63) is 0 Å². The lowest BCUT2D eigenvalue weighted by Gasteiger charge is -2.66. The molecule has 0 aromatic heterocycles. The van der Waals surface area contributed by atoms with E-state index in [4.69, 9.17) is 27.9 Å². The molecule has 9 atom stereocenters. The van der Waals surface area contributed by atoms with Gasteiger partial charge in [-0.1, -0.05) is 95.4 Å². The average Bonchev–Trinajstić information content (AvgIpc) is 3.13. The topological polar surface area (TPSA) is 9.23 Å². The highest BCUT2D eigenvalue weighted by Crippen LogP contribution is 2.70. The molecule has 0 amide bonds. The van der Waals surface area contributed by atoms with Crippen LogP contribution >= 0.6 is 23.2 Å². The molecule has 3 heteroatoms. The summed E-state index contributed by atoms with van der Waals surface area (Å²) in [5.74, 6) is 9.10. The fourth-order valence-corrected chi connectivity index (χ4v) is 21.9. The summed E-state index contributed by atoms with van der Waals surface area (Å²) in [6.45, 7) is 26.7. The molecule has 61 heavy (non-hydrogen) atoms. The van der Waals surface area contributed by atoms with Crippen LogP contribution in [0.15, 0.2) is 0 Å². The highest BCUT2D eigenvalue weighted by Gasteiger charge is 2.63. The highest BCUT2D eigenvalue weighted by molar-refractivity contribution is 6.24. The van der Waals surface area contributed by atoms with Crippen molar-refractivity contribution in [2.75, 3.05) is 7.11 Å². The maximum atomic E-state index is 6.89. The molecule has 352 valence electrons. The van der Waals surface area contributed by atoms with E-state index in [1.807, 2.05) is 7.11 Å². The number of unbranched alkanes of at least 4 members (excludes halogenated alkanes) is 2. The fraction of sp³-hybridized carbons (Fsp3) is 1.00. The van der Waals surface area contributed by atoms with E-state index < -0.39 is 0 Å². The van der Waals surface area contributed by atoms with Crippen LogP contribution in [0.4, 0.5) is 0 Å². The van der Waals surface area contributed by atoms with Gasteiger partial charge in [0.1, 0.15) is 0 Å². The van der Waals surface area contributed by atoms with E-state index in [1.165, 1.54) is 173 Å². The van der Waals surface area contributed by atoms with Gasteiger partial charge in [-0.25, -0.2) is 0 Å². The summed E-state index contributed by atoms with van der Waals surface area (Å²) in [7, 11) is 1.95. The number of halogens is 2. The molecular weight excluding hydrogens is 784 g/mol. The largest absolute Gasteiger partial charge is 0.378 e. The van der Waals surface area contributed by atoms with Crippen LogP contribution in [0.5, 0.6) is 0 Å². The summed E-state index contributed by atoms with van der Waals surface area (Å²) in [6, 6.07) is 0. The summed E-state index contributed by atoms with van der Waals surface area (Å²) >= 11 is 13.7. The monoisotopic (exact) mass is 883 g/mol. The molecule has 0 aromatic rings. The van der Waals surface area contributed by atoms with Crippen molar-refractivity contribution in [3.63, 3.8) is 0 Å². The van der Waals surface area contributed by atoms with Gasteiger partial charge in [0.2, 0.25) is 0 Å². The predicted molar refractivity (Wildman–Crippen MR) is 263 cm³/mol. The lowest BCUT2D eigenvalue weighted by molar-refractivity contribution is -0.219. The van der Waals surface area contributed by atoms with Gasteiger partial charge in [-0.3, -0.25) is 0 Å². The highest BCUT2D eigenvalue weighted by atomic mass is 35.5. The molecule has 0 radical (unpaired) electrons. The van der Waals surface area contributed by atoms with E-state index in [0.29, 0.717) is 27.1 Å². The van der Waals surface area contributed by atoms with Gasteiger partial charge in [0.15, 0.2) is 0 Å². The molecule has 1 nitrogen and oxygen atoms in total. The zero-order valence-corrected chi connectivity index (χ0v) is 44.0. The lowest BCUT2D eigenvalue weighted by atomic mass is 9.41. The SMILES string of the molecule is CC(C)C12CC3CC(CC(Cl)(C3)C1)C2.CC(C)C1C2CC3CC(C2)CC1(Cl)C3.CCCCCC12CCC(C(C)(C)C)(CC1)CC2.COC12CC3CC(C)(C1)CC(C(C)C)(C3)C2. The molecule has 0 heterocycles. The number of methoxy groups -OCH3 is 1. The smallest absolute Gasteiger partial charge is 0.0692 e. The van der Waals surface area contributed by atoms with Gasteiger partial charge < -0.3 is 4.74 Å². The van der Waals surface area contributed by atoms with Crippen molar-refractivity contribution >= 4 is 23.2 Å². The molecule has 0 aliphatic heterocycles. The second kappa shape index (κ2) is 16.9. The van der Waals surface area contributed by atoms with Crippen molar-refractivity contribution < 1.29 is 4.74 Å². The number of hydrogen-bond acceptors (Lipinski definition) is 1. The number of rotatable bonds is 8. The van der Waals surface area contributed by atoms with Crippen LogP contribution in [0.3, 0.4) is 0 Å². The van der Waals surface area contributed by atoms with Gasteiger partial charge in [0.25, 0.3) is 0 Å². The minimum absolute atomic E-state index is 0.211. The minimum Gasteiger partial charge on any atom is -0.378 e. The average molecular weight is 884 g/mol. The van der Waals surface area contributed by atoms with Gasteiger partial charge in [-0.15, -0.1) is 23.2 Å². The first-order valence-electron chi connectivity index (χ1n) is 27.4. The molecule has 0 spiro atoms. The van der Waals surface area contributed by atoms with Gasteiger partial charge in [-0.05, 0) is 246 Å².